The molecule has 0 aliphatic carbocycles. The Morgan fingerprint density at radius 3 is 2.89 bits per heavy atom. The van der Waals surface area contributed by atoms with Crippen LogP contribution in [0.25, 0.3) is 0 Å². The molecule has 0 saturated heterocycles. The monoisotopic (exact) mass is 262 g/mol. The molecule has 18 heavy (non-hydrogen) atoms. The maximum absolute atomic E-state index is 10.9. The van der Waals surface area contributed by atoms with Crippen molar-refractivity contribution in [2.24, 2.45) is 0 Å². The Kier molecular flexibility index (Phi) is 3.99. The number of hydrogen-bond acceptors (Lipinski definition) is 3. The van der Waals surface area contributed by atoms with E-state index >= 15 is 0 Å². The summed E-state index contributed by atoms with van der Waals surface area (Å²) in [6, 6.07) is 9.00. The Bertz CT molecular complexity index is 532. The first-order valence-corrected chi connectivity index (χ1v) is 6.54. The first-order valence-electron chi connectivity index (χ1n) is 5.66. The van der Waals surface area contributed by atoms with Crippen LogP contribution in [-0.2, 0) is 6.42 Å². The highest BCUT2D eigenvalue weighted by Gasteiger charge is 2.07. The second-order valence-electron chi connectivity index (χ2n) is 3.96. The van der Waals surface area contributed by atoms with Crippen LogP contribution < -0.4 is 4.74 Å². The predicted molar refractivity (Wildman–Crippen MR) is 71.7 cm³/mol. The van der Waals surface area contributed by atoms with E-state index in [4.69, 9.17) is 9.84 Å². The van der Waals surface area contributed by atoms with Crippen LogP contribution in [0.3, 0.4) is 0 Å². The smallest absolute Gasteiger partial charge is 0.335 e. The zero-order valence-corrected chi connectivity index (χ0v) is 10.9. The molecule has 94 valence electrons. The van der Waals surface area contributed by atoms with Crippen molar-refractivity contribution in [3.05, 3.63) is 51.7 Å². The largest absolute Gasteiger partial charge is 0.493 e. The topological polar surface area (TPSA) is 46.5 Å². The Balaban J connectivity index is 2.00. The van der Waals surface area contributed by atoms with Crippen molar-refractivity contribution in [1.29, 1.82) is 0 Å². The van der Waals surface area contributed by atoms with Gasteiger partial charge in [0, 0.05) is 11.3 Å². The van der Waals surface area contributed by atoms with Crippen molar-refractivity contribution in [1.82, 2.24) is 0 Å². The molecule has 0 aliphatic heterocycles. The van der Waals surface area contributed by atoms with Crippen molar-refractivity contribution < 1.29 is 14.6 Å². The number of carboxylic acid groups (broad SMARTS) is 1. The number of ether oxygens (including phenoxy) is 1. The van der Waals surface area contributed by atoms with Gasteiger partial charge in [0.25, 0.3) is 0 Å². The lowest BCUT2D eigenvalue weighted by atomic mass is 10.1. The van der Waals surface area contributed by atoms with Gasteiger partial charge in [-0.05, 0) is 36.1 Å². The van der Waals surface area contributed by atoms with Crippen molar-refractivity contribution >= 4 is 17.3 Å². The molecular weight excluding hydrogens is 248 g/mol. The molecule has 2 aromatic rings. The van der Waals surface area contributed by atoms with Gasteiger partial charge in [-0.2, -0.15) is 0 Å². The summed E-state index contributed by atoms with van der Waals surface area (Å²) in [6.45, 7) is 2.47. The Morgan fingerprint density at radius 2 is 2.22 bits per heavy atom. The number of thiophene rings is 1. The maximum Gasteiger partial charge on any atom is 0.335 e. The fraction of sp³-hybridized carbons (Fsp3) is 0.214. The Morgan fingerprint density at radius 1 is 1.39 bits per heavy atom. The van der Waals surface area contributed by atoms with E-state index in [0.717, 1.165) is 12.0 Å². The summed E-state index contributed by atoms with van der Waals surface area (Å²) in [6.07, 6.45) is 0.842. The van der Waals surface area contributed by atoms with Gasteiger partial charge in [-0.25, -0.2) is 4.79 Å². The predicted octanol–water partition coefficient (Wildman–Crippen LogP) is 3.38. The molecule has 4 heteroatoms. The van der Waals surface area contributed by atoms with Gasteiger partial charge in [0.1, 0.15) is 5.75 Å². The van der Waals surface area contributed by atoms with Gasteiger partial charge in [-0.1, -0.05) is 12.1 Å². The van der Waals surface area contributed by atoms with E-state index in [0.29, 0.717) is 12.4 Å². The minimum Gasteiger partial charge on any atom is -0.493 e. The fourth-order valence-electron chi connectivity index (χ4n) is 1.61. The molecule has 1 aromatic carbocycles. The van der Waals surface area contributed by atoms with Crippen LogP contribution in [-0.4, -0.2) is 17.7 Å². The highest BCUT2D eigenvalue weighted by atomic mass is 32.1. The number of hydrogen-bond donors (Lipinski definition) is 1. The second kappa shape index (κ2) is 5.69. The van der Waals surface area contributed by atoms with Crippen molar-refractivity contribution in [2.45, 2.75) is 13.3 Å². The lowest BCUT2D eigenvalue weighted by Gasteiger charge is -2.09. The van der Waals surface area contributed by atoms with Crippen LogP contribution in [0.4, 0.5) is 0 Å². The van der Waals surface area contributed by atoms with E-state index in [9.17, 15) is 4.79 Å². The third-order valence-electron chi connectivity index (χ3n) is 2.62. The number of carboxylic acids is 1. The van der Waals surface area contributed by atoms with Gasteiger partial charge >= 0.3 is 5.97 Å². The van der Waals surface area contributed by atoms with Crippen molar-refractivity contribution in [2.75, 3.05) is 6.61 Å². The van der Waals surface area contributed by atoms with Gasteiger partial charge in [0.2, 0.25) is 0 Å². The lowest BCUT2D eigenvalue weighted by Crippen LogP contribution is -2.03. The summed E-state index contributed by atoms with van der Waals surface area (Å²) in [5.41, 5.74) is 1.21. The molecule has 0 amide bonds. The molecule has 1 heterocycles. The van der Waals surface area contributed by atoms with Crippen LogP contribution >= 0.6 is 11.3 Å². The maximum atomic E-state index is 10.9. The SMILES string of the molecule is Cc1ccc(C(=O)O)cc1OCCc1cccs1. The molecule has 0 bridgehead atoms. The average Bonchev–Trinajstić information content (AvgIpc) is 2.84. The van der Waals surface area contributed by atoms with E-state index in [1.54, 1.807) is 29.5 Å². The number of aromatic carboxylic acids is 1. The summed E-state index contributed by atoms with van der Waals surface area (Å²) < 4.78 is 5.64. The lowest BCUT2D eigenvalue weighted by molar-refractivity contribution is 0.0696. The van der Waals surface area contributed by atoms with Crippen LogP contribution in [0.15, 0.2) is 35.7 Å². The van der Waals surface area contributed by atoms with Gasteiger partial charge in [-0.3, -0.25) is 0 Å². The molecule has 0 saturated carbocycles. The van der Waals surface area contributed by atoms with Crippen molar-refractivity contribution in [3.8, 4) is 5.75 Å². The van der Waals surface area contributed by atoms with Gasteiger partial charge in [0.05, 0.1) is 12.2 Å². The van der Waals surface area contributed by atoms with E-state index in [1.165, 1.54) is 4.88 Å². The van der Waals surface area contributed by atoms with E-state index in [1.807, 2.05) is 18.4 Å². The summed E-state index contributed by atoms with van der Waals surface area (Å²) in [7, 11) is 0. The molecular formula is C14H14O3S. The first kappa shape index (κ1) is 12.6. The quantitative estimate of drug-likeness (QED) is 0.898. The summed E-state index contributed by atoms with van der Waals surface area (Å²) in [4.78, 5) is 12.1. The number of benzene rings is 1. The van der Waals surface area contributed by atoms with Gasteiger partial charge < -0.3 is 9.84 Å². The van der Waals surface area contributed by atoms with E-state index < -0.39 is 5.97 Å². The van der Waals surface area contributed by atoms with E-state index in [2.05, 4.69) is 6.07 Å². The third kappa shape index (κ3) is 3.11. The molecule has 0 unspecified atom stereocenters. The van der Waals surface area contributed by atoms with E-state index in [-0.39, 0.29) is 5.56 Å². The summed E-state index contributed by atoms with van der Waals surface area (Å²) >= 11 is 1.70. The molecule has 0 fully saturated rings. The molecule has 0 aliphatic rings. The summed E-state index contributed by atoms with van der Waals surface area (Å²) in [5.74, 6) is -0.287. The van der Waals surface area contributed by atoms with Crippen LogP contribution in [0.2, 0.25) is 0 Å². The highest BCUT2D eigenvalue weighted by molar-refractivity contribution is 7.09. The highest BCUT2D eigenvalue weighted by Crippen LogP contribution is 2.20. The summed E-state index contributed by atoms with van der Waals surface area (Å²) in [5, 5.41) is 11.0. The zero-order valence-electron chi connectivity index (χ0n) is 10.1. The van der Waals surface area contributed by atoms with Gasteiger partial charge in [0.15, 0.2) is 0 Å². The average molecular weight is 262 g/mol. The number of carbonyl (C=O) groups is 1. The molecule has 2 rings (SSSR count). The third-order valence-corrected chi connectivity index (χ3v) is 3.56. The minimum absolute atomic E-state index is 0.256. The number of aryl methyl sites for hydroxylation is 1. The second-order valence-corrected chi connectivity index (χ2v) is 5.00. The first-order chi connectivity index (χ1) is 8.66. The molecule has 1 aromatic heterocycles. The Labute approximate surface area is 110 Å². The standard InChI is InChI=1S/C14H14O3S/c1-10-4-5-11(14(15)16)9-13(10)17-7-6-12-3-2-8-18-12/h2-5,8-9H,6-7H2,1H3,(H,15,16). The Hall–Kier alpha value is -1.81. The van der Waals surface area contributed by atoms with Crippen LogP contribution in [0.1, 0.15) is 20.8 Å². The van der Waals surface area contributed by atoms with Gasteiger partial charge in [-0.15, -0.1) is 11.3 Å². The van der Waals surface area contributed by atoms with Crippen LogP contribution in [0, 0.1) is 6.92 Å². The zero-order chi connectivity index (χ0) is 13.0. The molecule has 0 radical (unpaired) electrons. The fourth-order valence-corrected chi connectivity index (χ4v) is 2.30. The minimum atomic E-state index is -0.932. The molecule has 0 spiro atoms. The molecule has 3 nitrogen and oxygen atoms in total. The number of rotatable bonds is 5. The molecule has 0 atom stereocenters. The molecule has 1 N–H and O–H groups in total. The van der Waals surface area contributed by atoms with Crippen molar-refractivity contribution in [3.63, 3.8) is 0 Å². The van der Waals surface area contributed by atoms with Crippen LogP contribution in [0.5, 0.6) is 5.75 Å². The normalized spacial score (nSPS) is 10.3.